The molecule has 0 spiro atoms. The Morgan fingerprint density at radius 1 is 0.795 bits per heavy atom. The summed E-state index contributed by atoms with van der Waals surface area (Å²) in [6.45, 7) is 10.1. The van der Waals surface area contributed by atoms with E-state index in [4.69, 9.17) is 17.4 Å². The smallest absolute Gasteiger partial charge is 0.748 e. The van der Waals surface area contributed by atoms with Gasteiger partial charge in [0.15, 0.2) is 23.1 Å². The van der Waals surface area contributed by atoms with Gasteiger partial charge in [0.2, 0.25) is 0 Å². The van der Waals surface area contributed by atoms with Gasteiger partial charge >= 0.3 is 99.3 Å². The monoisotopic (exact) mass is 1120 g/mol. The van der Waals surface area contributed by atoms with E-state index in [1.165, 1.54) is 18.2 Å². The summed E-state index contributed by atoms with van der Waals surface area (Å²) < 4.78 is 187. The molecule has 0 amide bonds. The van der Waals surface area contributed by atoms with E-state index in [1.807, 2.05) is 62.3 Å². The van der Waals surface area contributed by atoms with Gasteiger partial charge in [-0.1, -0.05) is 58.8 Å². The molecular formula is C48H54F3N2Na3O13S4. The van der Waals surface area contributed by atoms with E-state index < -0.39 is 97.0 Å². The molecule has 0 fully saturated rings. The molecular weight excluding hydrogens is 1070 g/mol. The van der Waals surface area contributed by atoms with Crippen LogP contribution in [0.15, 0.2) is 88.5 Å². The molecule has 25 heteroatoms. The first-order valence-corrected chi connectivity index (χ1v) is 28.0. The van der Waals surface area contributed by atoms with Crippen molar-refractivity contribution in [1.29, 1.82) is 0 Å². The molecule has 0 saturated carbocycles. The van der Waals surface area contributed by atoms with Gasteiger partial charge < -0.3 is 23.3 Å². The first-order chi connectivity index (χ1) is 32.6. The van der Waals surface area contributed by atoms with Crippen LogP contribution in [0.25, 0.3) is 5.57 Å². The quantitative estimate of drug-likeness (QED) is 0.0452. The average Bonchev–Trinajstić information content (AvgIpc) is 3.60. The summed E-state index contributed by atoms with van der Waals surface area (Å²) in [4.78, 5) is 1.39. The molecule has 0 atom stereocenters. The molecule has 0 bridgehead atoms. The molecule has 382 valence electrons. The number of fused-ring (bicyclic) bond motifs is 2. The summed E-state index contributed by atoms with van der Waals surface area (Å²) in [5.74, 6) is -5.40. The molecule has 6 rings (SSSR count). The second-order valence-electron chi connectivity index (χ2n) is 18.0. The topological polar surface area (TPSA) is 238 Å². The van der Waals surface area contributed by atoms with Crippen LogP contribution >= 0.6 is 0 Å². The van der Waals surface area contributed by atoms with Gasteiger partial charge in [-0.25, -0.2) is 43.0 Å². The van der Waals surface area contributed by atoms with Crippen molar-refractivity contribution in [3.05, 3.63) is 124 Å². The molecule has 0 aromatic heterocycles. The Balaban J connectivity index is 0.00000251. The van der Waals surface area contributed by atoms with E-state index in [0.717, 1.165) is 17.0 Å². The molecule has 3 aromatic rings. The number of benzene rings is 3. The fraction of sp³-hybridized carbons (Fsp3) is 0.438. The number of nitrogens with zero attached hydrogens (tertiary/aromatic N) is 2. The van der Waals surface area contributed by atoms with Crippen molar-refractivity contribution < 1.29 is 163 Å². The first kappa shape index (κ1) is 67.1. The fourth-order valence-electron chi connectivity index (χ4n) is 9.14. The van der Waals surface area contributed by atoms with Gasteiger partial charge in [-0.05, 0) is 91.5 Å². The van der Waals surface area contributed by atoms with Crippen LogP contribution in [0, 0.1) is 23.5 Å². The van der Waals surface area contributed by atoms with E-state index in [-0.39, 0.29) is 127 Å². The van der Waals surface area contributed by atoms with Crippen molar-refractivity contribution in [3.8, 4) is 5.75 Å². The summed E-state index contributed by atoms with van der Waals surface area (Å²) in [5, 5.41) is 0. The summed E-state index contributed by atoms with van der Waals surface area (Å²) >= 11 is 0. The molecule has 3 aromatic carbocycles. The van der Waals surface area contributed by atoms with Crippen LogP contribution in [0.3, 0.4) is 0 Å². The maximum Gasteiger partial charge on any atom is 1.00 e. The third kappa shape index (κ3) is 17.3. The second kappa shape index (κ2) is 28.1. The third-order valence-corrected chi connectivity index (χ3v) is 14.9. The van der Waals surface area contributed by atoms with E-state index in [2.05, 4.69) is 6.07 Å². The second-order valence-corrected chi connectivity index (χ2v) is 22.9. The van der Waals surface area contributed by atoms with E-state index in [1.54, 1.807) is 24.3 Å². The predicted octanol–water partition coefficient (Wildman–Crippen LogP) is -1.18. The van der Waals surface area contributed by atoms with Crippen LogP contribution in [-0.2, 0) is 51.8 Å². The number of ether oxygens (including phenoxy) is 1. The van der Waals surface area contributed by atoms with Gasteiger partial charge in [0.1, 0.15) is 28.2 Å². The largest absolute Gasteiger partial charge is 1.00 e. The molecule has 0 unspecified atom stereocenters. The predicted molar refractivity (Wildman–Crippen MR) is 253 cm³/mol. The number of unbranched alkanes of at least 4 members (excludes halogenated alkanes) is 3. The van der Waals surface area contributed by atoms with E-state index in [0.29, 0.717) is 79.2 Å². The Morgan fingerprint density at radius 2 is 1.42 bits per heavy atom. The van der Waals surface area contributed by atoms with Crippen LogP contribution in [0.2, 0.25) is 0 Å². The molecule has 0 saturated heterocycles. The van der Waals surface area contributed by atoms with Gasteiger partial charge in [0, 0.05) is 58.8 Å². The maximum atomic E-state index is 16.9. The number of anilines is 1. The standard InChI is InChI=1S/C48H57F3N2O10S3.3Na.O3S/c1-6-7-27-63-46-38(50)31-37(49)44(45(46)51)43-32(19-23-41-47(2,3)35-17-8-9-18-39(35)52(41)25-10-12-28-64(54,55)56)15-14-16-33(43)20-24-42-48(4,5)36-30-34(66(60,61)62)21-22-40(36)53(42)26-11-13-29-65(57,58)59;;;;1-4(2)3/h9,17-24,30-31H,6-7,10-16,25-29H2,1-5H3,(H,54,55,56)(H,57,58,59)(H,60,61,62);;;;/q;3*+1;/p-3. The van der Waals surface area contributed by atoms with Crippen LogP contribution in [0.4, 0.5) is 24.5 Å². The minimum atomic E-state index is -4.85. The zero-order valence-electron chi connectivity index (χ0n) is 42.2. The van der Waals surface area contributed by atoms with Crippen molar-refractivity contribution in [2.75, 3.05) is 36.1 Å². The fourth-order valence-corrected chi connectivity index (χ4v) is 10.8. The average molecular weight is 1120 g/mol. The summed E-state index contributed by atoms with van der Waals surface area (Å²) in [5.41, 5.74) is 3.30. The van der Waals surface area contributed by atoms with Crippen molar-refractivity contribution in [3.63, 3.8) is 0 Å². The minimum absolute atomic E-state index is 0. The Bertz CT molecular complexity index is 3140. The van der Waals surface area contributed by atoms with Gasteiger partial charge in [-0.3, -0.25) is 0 Å². The summed E-state index contributed by atoms with van der Waals surface area (Å²) in [6, 6.07) is 13.2. The molecule has 15 nitrogen and oxygen atoms in total. The zero-order chi connectivity index (χ0) is 52.0. The van der Waals surface area contributed by atoms with E-state index in [9.17, 15) is 38.9 Å². The normalized spacial score (nSPS) is 17.1. The number of allylic oxidation sites excluding steroid dienone is 8. The molecule has 1 aliphatic carbocycles. The molecule has 73 heavy (non-hydrogen) atoms. The molecule has 2 aliphatic heterocycles. The Hall–Kier alpha value is -1.97. The van der Waals surface area contributed by atoms with Crippen molar-refractivity contribution in [2.45, 2.75) is 108 Å². The van der Waals surface area contributed by atoms with Crippen molar-refractivity contribution in [1.82, 2.24) is 0 Å². The van der Waals surface area contributed by atoms with Gasteiger partial charge in [-0.2, -0.15) is 18.2 Å². The van der Waals surface area contributed by atoms with Gasteiger partial charge in [-0.15, -0.1) is 18.7 Å². The Morgan fingerprint density at radius 3 is 2.03 bits per heavy atom. The van der Waals surface area contributed by atoms with Crippen LogP contribution in [0.1, 0.15) is 109 Å². The number of hydrogen-bond donors (Lipinski definition) is 0. The molecule has 2 heterocycles. The molecule has 3 aliphatic rings. The Kier molecular flexibility index (Phi) is 25.8. The van der Waals surface area contributed by atoms with E-state index >= 15 is 13.2 Å². The third-order valence-electron chi connectivity index (χ3n) is 12.5. The number of hydrogen-bond acceptors (Lipinski definition) is 14. The van der Waals surface area contributed by atoms with Gasteiger partial charge in [0.05, 0.1) is 37.3 Å². The maximum absolute atomic E-state index is 16.9. The number of rotatable bonds is 19. The zero-order valence-corrected chi connectivity index (χ0v) is 51.5. The minimum Gasteiger partial charge on any atom is -0.748 e. The summed E-state index contributed by atoms with van der Waals surface area (Å²) in [7, 11) is -16.9. The summed E-state index contributed by atoms with van der Waals surface area (Å²) in [6.07, 6.45) is 10.3. The van der Waals surface area contributed by atoms with Gasteiger partial charge in [0.25, 0.3) is 0 Å². The molecule has 0 N–H and O–H groups in total. The van der Waals surface area contributed by atoms with Crippen molar-refractivity contribution in [2.24, 2.45) is 0 Å². The Labute approximate surface area is 494 Å². The first-order valence-electron chi connectivity index (χ1n) is 22.4. The van der Waals surface area contributed by atoms with Crippen molar-refractivity contribution >= 4 is 63.6 Å². The van der Waals surface area contributed by atoms with Crippen LogP contribution < -0.4 is 98.3 Å². The molecule has 0 radical (unpaired) electrons. The number of halogens is 3. The SMILES string of the molecule is CCCCOc1c(F)cc(F)c(C2=C(C=CC3=[N+](CCCCS(=O)(=O)[O-])c4cc[c-]cc4C3(C)C)CCCC2=CC=C2N(CCCCS(=O)(=O)[O-])c3ccc(S(=O)(=O)[O-])cc3C2(C)C)c1F.O=S(=O)=O.[Na+].[Na+].[Na+]. The van der Waals surface area contributed by atoms with Crippen LogP contribution in [-0.4, -0.2) is 93.0 Å². The van der Waals surface area contributed by atoms with Crippen LogP contribution in [0.5, 0.6) is 5.75 Å².